The molecule has 0 saturated heterocycles. The molecule has 1 aromatic rings. The number of carbonyl (C=O) groups is 1. The summed E-state index contributed by atoms with van der Waals surface area (Å²) in [5, 5.41) is 11.5. The van der Waals surface area contributed by atoms with Gasteiger partial charge in [-0.25, -0.2) is 0 Å². The fraction of sp³-hybridized carbons (Fsp3) is 0.462. The molecular weight excluding hydrogens is 234 g/mol. The molecule has 18 heavy (non-hydrogen) atoms. The van der Waals surface area contributed by atoms with Gasteiger partial charge in [-0.2, -0.15) is 0 Å². The van der Waals surface area contributed by atoms with Crippen molar-refractivity contribution < 1.29 is 19.4 Å². The zero-order valence-corrected chi connectivity index (χ0v) is 10.1. The normalized spacial score (nSPS) is 12.5. The van der Waals surface area contributed by atoms with Crippen LogP contribution in [-0.4, -0.2) is 24.4 Å². The fourth-order valence-electron chi connectivity index (χ4n) is 1.74. The molecule has 1 aliphatic heterocycles. The van der Waals surface area contributed by atoms with E-state index in [1.807, 2.05) is 18.2 Å². The van der Waals surface area contributed by atoms with Crippen molar-refractivity contribution in [1.29, 1.82) is 0 Å². The second-order valence-corrected chi connectivity index (χ2v) is 4.15. The first-order chi connectivity index (χ1) is 8.79. The van der Waals surface area contributed by atoms with Gasteiger partial charge in [0, 0.05) is 19.6 Å². The van der Waals surface area contributed by atoms with Gasteiger partial charge in [0.15, 0.2) is 11.5 Å². The Kier molecular flexibility index (Phi) is 4.41. The SMILES string of the molecule is O=C(CCCCO)NCc1ccc2c(c1)OCO2. The summed E-state index contributed by atoms with van der Waals surface area (Å²) in [4.78, 5) is 11.5. The smallest absolute Gasteiger partial charge is 0.231 e. The van der Waals surface area contributed by atoms with E-state index < -0.39 is 0 Å². The Labute approximate surface area is 106 Å². The van der Waals surface area contributed by atoms with Crippen molar-refractivity contribution in [3.8, 4) is 11.5 Å². The van der Waals surface area contributed by atoms with Gasteiger partial charge in [-0.3, -0.25) is 4.79 Å². The lowest BCUT2D eigenvalue weighted by Gasteiger charge is -2.06. The van der Waals surface area contributed by atoms with Crippen LogP contribution in [0, 0.1) is 0 Å². The third-order valence-electron chi connectivity index (χ3n) is 2.74. The van der Waals surface area contributed by atoms with Crippen LogP contribution in [0.3, 0.4) is 0 Å². The fourth-order valence-corrected chi connectivity index (χ4v) is 1.74. The molecule has 0 atom stereocenters. The van der Waals surface area contributed by atoms with Gasteiger partial charge in [-0.1, -0.05) is 6.07 Å². The summed E-state index contributed by atoms with van der Waals surface area (Å²) in [5.41, 5.74) is 0.981. The predicted octanol–water partition coefficient (Wildman–Crippen LogP) is 1.19. The third kappa shape index (κ3) is 3.37. The Bertz CT molecular complexity index is 419. The van der Waals surface area contributed by atoms with E-state index in [2.05, 4.69) is 5.32 Å². The number of amides is 1. The van der Waals surface area contributed by atoms with Gasteiger partial charge in [0.1, 0.15) is 0 Å². The first-order valence-electron chi connectivity index (χ1n) is 6.05. The number of aliphatic hydroxyl groups is 1. The van der Waals surface area contributed by atoms with Gasteiger partial charge in [-0.05, 0) is 30.5 Å². The first kappa shape index (κ1) is 12.7. The molecule has 98 valence electrons. The topological polar surface area (TPSA) is 67.8 Å². The van der Waals surface area contributed by atoms with E-state index in [9.17, 15) is 4.79 Å². The average molecular weight is 251 g/mol. The standard InChI is InChI=1S/C13H17NO4/c15-6-2-1-3-13(16)14-8-10-4-5-11-12(7-10)18-9-17-11/h4-5,7,15H,1-3,6,8-9H2,(H,14,16). The second-order valence-electron chi connectivity index (χ2n) is 4.15. The van der Waals surface area contributed by atoms with Crippen LogP contribution in [0.25, 0.3) is 0 Å². The van der Waals surface area contributed by atoms with Gasteiger partial charge < -0.3 is 19.9 Å². The monoisotopic (exact) mass is 251 g/mol. The van der Waals surface area contributed by atoms with Gasteiger partial charge in [-0.15, -0.1) is 0 Å². The van der Waals surface area contributed by atoms with Crippen molar-refractivity contribution in [3.05, 3.63) is 23.8 Å². The zero-order chi connectivity index (χ0) is 12.8. The molecule has 1 amide bonds. The Morgan fingerprint density at radius 3 is 2.94 bits per heavy atom. The minimum absolute atomic E-state index is 0.00103. The van der Waals surface area contributed by atoms with E-state index in [1.54, 1.807) is 0 Å². The number of hydrogen-bond donors (Lipinski definition) is 2. The van der Waals surface area contributed by atoms with Crippen LogP contribution >= 0.6 is 0 Å². The molecule has 1 heterocycles. The number of nitrogens with one attached hydrogen (secondary N) is 1. The van der Waals surface area contributed by atoms with E-state index in [4.69, 9.17) is 14.6 Å². The van der Waals surface area contributed by atoms with Crippen LogP contribution in [0.1, 0.15) is 24.8 Å². The maximum Gasteiger partial charge on any atom is 0.231 e. The Balaban J connectivity index is 1.78. The third-order valence-corrected chi connectivity index (χ3v) is 2.74. The minimum atomic E-state index is 0.00103. The lowest BCUT2D eigenvalue weighted by molar-refractivity contribution is -0.121. The molecule has 0 spiro atoms. The molecule has 1 aromatic carbocycles. The largest absolute Gasteiger partial charge is 0.454 e. The molecule has 2 rings (SSSR count). The molecule has 1 aliphatic rings. The average Bonchev–Trinajstić information content (AvgIpc) is 2.84. The number of benzene rings is 1. The van der Waals surface area contributed by atoms with E-state index >= 15 is 0 Å². The molecule has 0 bridgehead atoms. The Morgan fingerprint density at radius 1 is 1.28 bits per heavy atom. The Hall–Kier alpha value is -1.75. The van der Waals surface area contributed by atoms with Crippen LogP contribution in [0.4, 0.5) is 0 Å². The summed E-state index contributed by atoms with van der Waals surface area (Å²) in [5.74, 6) is 1.47. The maximum absolute atomic E-state index is 11.5. The van der Waals surface area contributed by atoms with Gasteiger partial charge in [0.25, 0.3) is 0 Å². The molecule has 0 unspecified atom stereocenters. The maximum atomic E-state index is 11.5. The van der Waals surface area contributed by atoms with Gasteiger partial charge in [0.05, 0.1) is 0 Å². The highest BCUT2D eigenvalue weighted by Crippen LogP contribution is 2.32. The summed E-state index contributed by atoms with van der Waals surface area (Å²) >= 11 is 0. The van der Waals surface area contributed by atoms with Crippen LogP contribution in [0.5, 0.6) is 11.5 Å². The molecule has 0 aliphatic carbocycles. The van der Waals surface area contributed by atoms with Gasteiger partial charge >= 0.3 is 0 Å². The number of ether oxygens (including phenoxy) is 2. The van der Waals surface area contributed by atoms with Crippen molar-refractivity contribution in [2.45, 2.75) is 25.8 Å². The first-order valence-corrected chi connectivity index (χ1v) is 6.05. The molecule has 0 saturated carbocycles. The highest BCUT2D eigenvalue weighted by Gasteiger charge is 2.13. The number of rotatable bonds is 6. The van der Waals surface area contributed by atoms with Crippen LogP contribution in [0.15, 0.2) is 18.2 Å². The Morgan fingerprint density at radius 2 is 2.11 bits per heavy atom. The van der Waals surface area contributed by atoms with E-state index in [0.717, 1.165) is 17.1 Å². The second kappa shape index (κ2) is 6.26. The van der Waals surface area contributed by atoms with Crippen LogP contribution in [0.2, 0.25) is 0 Å². The molecule has 5 heteroatoms. The highest BCUT2D eigenvalue weighted by molar-refractivity contribution is 5.75. The summed E-state index contributed by atoms with van der Waals surface area (Å²) in [6, 6.07) is 5.62. The van der Waals surface area contributed by atoms with E-state index in [-0.39, 0.29) is 19.3 Å². The van der Waals surface area contributed by atoms with E-state index in [0.29, 0.717) is 25.8 Å². The molecular formula is C13H17NO4. The molecule has 5 nitrogen and oxygen atoms in total. The van der Waals surface area contributed by atoms with Crippen molar-refractivity contribution in [2.24, 2.45) is 0 Å². The van der Waals surface area contributed by atoms with Gasteiger partial charge in [0.2, 0.25) is 12.7 Å². The number of aliphatic hydroxyl groups excluding tert-OH is 1. The van der Waals surface area contributed by atoms with Crippen molar-refractivity contribution >= 4 is 5.91 Å². The molecule has 0 aromatic heterocycles. The van der Waals surface area contributed by atoms with Crippen molar-refractivity contribution in [2.75, 3.05) is 13.4 Å². The molecule has 0 fully saturated rings. The molecule has 2 N–H and O–H groups in total. The summed E-state index contributed by atoms with van der Waals surface area (Å²) in [6.45, 7) is 0.871. The van der Waals surface area contributed by atoms with Crippen LogP contribution < -0.4 is 14.8 Å². The molecule has 0 radical (unpaired) electrons. The number of unbranched alkanes of at least 4 members (excludes halogenated alkanes) is 1. The number of fused-ring (bicyclic) bond motifs is 1. The summed E-state index contributed by atoms with van der Waals surface area (Å²) in [6.07, 6.45) is 1.83. The van der Waals surface area contributed by atoms with E-state index in [1.165, 1.54) is 0 Å². The predicted molar refractivity (Wildman–Crippen MR) is 65.3 cm³/mol. The zero-order valence-electron chi connectivity index (χ0n) is 10.1. The number of hydrogen-bond acceptors (Lipinski definition) is 4. The van der Waals surface area contributed by atoms with Crippen molar-refractivity contribution in [3.63, 3.8) is 0 Å². The summed E-state index contributed by atoms with van der Waals surface area (Å²) < 4.78 is 10.5. The lowest BCUT2D eigenvalue weighted by atomic mass is 10.2. The quantitative estimate of drug-likeness (QED) is 0.745. The van der Waals surface area contributed by atoms with Crippen molar-refractivity contribution in [1.82, 2.24) is 5.32 Å². The lowest BCUT2D eigenvalue weighted by Crippen LogP contribution is -2.22. The summed E-state index contributed by atoms with van der Waals surface area (Å²) in [7, 11) is 0. The number of carbonyl (C=O) groups excluding carboxylic acids is 1. The van der Waals surface area contributed by atoms with Crippen LogP contribution in [-0.2, 0) is 11.3 Å². The minimum Gasteiger partial charge on any atom is -0.454 e. The highest BCUT2D eigenvalue weighted by atomic mass is 16.7.